The number of benzene rings is 1. The van der Waals surface area contributed by atoms with Gasteiger partial charge in [-0.3, -0.25) is 0 Å². The van der Waals surface area contributed by atoms with E-state index in [1.54, 1.807) is 0 Å². The molecule has 0 radical (unpaired) electrons. The average Bonchev–Trinajstić information content (AvgIpc) is 2.66. The molecule has 1 aromatic rings. The highest BCUT2D eigenvalue weighted by atomic mass is 32.2. The summed E-state index contributed by atoms with van der Waals surface area (Å²) < 4.78 is 6.44. The zero-order valence-electron chi connectivity index (χ0n) is 16.2. The van der Waals surface area contributed by atoms with Gasteiger partial charge in [-0.1, -0.05) is 70.9 Å². The number of thioether (sulfide) groups is 2. The molecule has 25 heavy (non-hydrogen) atoms. The lowest BCUT2D eigenvalue weighted by atomic mass is 10.0. The van der Waals surface area contributed by atoms with E-state index in [4.69, 9.17) is 4.74 Å². The first-order valence-electron chi connectivity index (χ1n) is 10.3. The number of hydrogen-bond acceptors (Lipinski definition) is 3. The van der Waals surface area contributed by atoms with Crippen LogP contribution in [0.15, 0.2) is 24.3 Å². The zero-order chi connectivity index (χ0) is 17.7. The van der Waals surface area contributed by atoms with Gasteiger partial charge in [0, 0.05) is 0 Å². The van der Waals surface area contributed by atoms with Gasteiger partial charge in [0.1, 0.15) is 5.75 Å². The molecule has 142 valence electrons. The van der Waals surface area contributed by atoms with Crippen molar-refractivity contribution < 1.29 is 4.74 Å². The molecule has 3 heteroatoms. The summed E-state index contributed by atoms with van der Waals surface area (Å²) in [6.45, 7) is 5.37. The van der Waals surface area contributed by atoms with Crippen LogP contribution in [0.1, 0.15) is 81.8 Å². The topological polar surface area (TPSA) is 9.23 Å². The van der Waals surface area contributed by atoms with Crippen molar-refractivity contribution in [2.75, 3.05) is 18.1 Å². The van der Waals surface area contributed by atoms with Gasteiger partial charge in [0.15, 0.2) is 0 Å². The lowest BCUT2D eigenvalue weighted by Crippen LogP contribution is -2.14. The Labute approximate surface area is 164 Å². The molecule has 0 amide bonds. The molecule has 0 atom stereocenters. The van der Waals surface area contributed by atoms with Crippen molar-refractivity contribution >= 4 is 23.5 Å². The number of rotatable bonds is 12. The molecule has 0 spiro atoms. The van der Waals surface area contributed by atoms with Crippen molar-refractivity contribution in [2.45, 2.75) is 76.2 Å². The van der Waals surface area contributed by atoms with Crippen LogP contribution in [0, 0.1) is 5.92 Å². The number of ether oxygens (including phenoxy) is 1. The van der Waals surface area contributed by atoms with Crippen molar-refractivity contribution in [2.24, 2.45) is 5.92 Å². The summed E-state index contributed by atoms with van der Waals surface area (Å²) >= 11 is 4.29. The van der Waals surface area contributed by atoms with E-state index >= 15 is 0 Å². The summed E-state index contributed by atoms with van der Waals surface area (Å²) in [6, 6.07) is 8.85. The predicted molar refractivity (Wildman–Crippen MR) is 116 cm³/mol. The predicted octanol–water partition coefficient (Wildman–Crippen LogP) is 7.71. The monoisotopic (exact) mass is 380 g/mol. The Bertz CT molecular complexity index is 438. The summed E-state index contributed by atoms with van der Waals surface area (Å²) in [5.41, 5.74) is 1.46. The van der Waals surface area contributed by atoms with Crippen LogP contribution in [0.3, 0.4) is 0 Å². The first-order valence-corrected chi connectivity index (χ1v) is 12.4. The second-order valence-corrected chi connectivity index (χ2v) is 9.77. The average molecular weight is 381 g/mol. The molecule has 0 saturated carbocycles. The van der Waals surface area contributed by atoms with Crippen molar-refractivity contribution in [3.63, 3.8) is 0 Å². The highest BCUT2D eigenvalue weighted by Crippen LogP contribution is 2.46. The van der Waals surface area contributed by atoms with Crippen LogP contribution in [-0.2, 0) is 0 Å². The van der Waals surface area contributed by atoms with E-state index < -0.39 is 0 Å². The van der Waals surface area contributed by atoms with Crippen molar-refractivity contribution in [3.8, 4) is 5.75 Å². The molecule has 1 aliphatic rings. The third kappa shape index (κ3) is 8.30. The van der Waals surface area contributed by atoms with Gasteiger partial charge in [0.05, 0.1) is 11.2 Å². The molecule has 1 aliphatic heterocycles. The molecule has 2 rings (SSSR count). The third-order valence-electron chi connectivity index (χ3n) is 4.85. The molecule has 0 aliphatic carbocycles. The van der Waals surface area contributed by atoms with E-state index in [1.807, 2.05) is 0 Å². The Kier molecular flexibility index (Phi) is 10.9. The largest absolute Gasteiger partial charge is 0.494 e. The van der Waals surface area contributed by atoms with Crippen molar-refractivity contribution in [3.05, 3.63) is 29.8 Å². The molecular weight excluding hydrogens is 344 g/mol. The van der Waals surface area contributed by atoms with Crippen LogP contribution in [0.4, 0.5) is 0 Å². The van der Waals surface area contributed by atoms with Crippen LogP contribution in [-0.4, -0.2) is 18.1 Å². The molecular formula is C22H36OS2. The van der Waals surface area contributed by atoms with Crippen LogP contribution < -0.4 is 4.74 Å². The van der Waals surface area contributed by atoms with E-state index in [2.05, 4.69) is 61.6 Å². The van der Waals surface area contributed by atoms with Gasteiger partial charge < -0.3 is 4.74 Å². The maximum absolute atomic E-state index is 5.83. The van der Waals surface area contributed by atoms with Crippen molar-refractivity contribution in [1.82, 2.24) is 0 Å². The Balaban J connectivity index is 1.64. The van der Waals surface area contributed by atoms with E-state index in [1.165, 1.54) is 68.4 Å². The van der Waals surface area contributed by atoms with Gasteiger partial charge in [-0.05, 0) is 48.0 Å². The molecule has 1 saturated heterocycles. The van der Waals surface area contributed by atoms with E-state index in [0.717, 1.165) is 24.7 Å². The standard InChI is InChI=1S/C22H36OS2/c1-3-5-7-8-9-11-19-17-24-22(25-18-19)20-12-14-21(15-13-20)23-16-10-6-4-2/h12-15,19,22H,3-11,16-18H2,1-2H3. The fraction of sp³-hybridized carbons (Fsp3) is 0.727. The first kappa shape index (κ1) is 21.0. The molecule has 1 nitrogen and oxygen atoms in total. The Morgan fingerprint density at radius 3 is 2.16 bits per heavy atom. The van der Waals surface area contributed by atoms with Crippen molar-refractivity contribution in [1.29, 1.82) is 0 Å². The quantitative estimate of drug-likeness (QED) is 0.344. The highest BCUT2D eigenvalue weighted by molar-refractivity contribution is 8.16. The van der Waals surface area contributed by atoms with Crippen LogP contribution in [0.5, 0.6) is 5.75 Å². The third-order valence-corrected chi connectivity index (χ3v) is 8.15. The summed E-state index contributed by atoms with van der Waals surface area (Å²) in [4.78, 5) is 0. The minimum absolute atomic E-state index is 0.616. The minimum Gasteiger partial charge on any atom is -0.494 e. The Hall–Kier alpha value is -0.280. The van der Waals surface area contributed by atoms with Crippen LogP contribution in [0.2, 0.25) is 0 Å². The van der Waals surface area contributed by atoms with Gasteiger partial charge in [-0.25, -0.2) is 0 Å². The highest BCUT2D eigenvalue weighted by Gasteiger charge is 2.23. The molecule has 0 unspecified atom stereocenters. The number of unbranched alkanes of at least 4 members (excludes halogenated alkanes) is 6. The van der Waals surface area contributed by atoms with E-state index in [9.17, 15) is 0 Å². The maximum Gasteiger partial charge on any atom is 0.119 e. The van der Waals surface area contributed by atoms with E-state index in [-0.39, 0.29) is 0 Å². The zero-order valence-corrected chi connectivity index (χ0v) is 17.8. The maximum atomic E-state index is 5.83. The summed E-state index contributed by atoms with van der Waals surface area (Å²) in [6.07, 6.45) is 12.1. The molecule has 0 N–H and O–H groups in total. The molecule has 1 fully saturated rings. The normalized spacial score (nSPS) is 20.6. The minimum atomic E-state index is 0.616. The SMILES string of the molecule is CCCCCCCC1CSC(c2ccc(OCCCCC)cc2)SC1. The van der Waals surface area contributed by atoms with Gasteiger partial charge >= 0.3 is 0 Å². The van der Waals surface area contributed by atoms with E-state index in [0.29, 0.717) is 4.58 Å². The second kappa shape index (κ2) is 13.0. The first-order chi connectivity index (χ1) is 12.3. The second-order valence-electron chi connectivity index (χ2n) is 7.19. The van der Waals surface area contributed by atoms with Crippen LogP contribution in [0.25, 0.3) is 0 Å². The van der Waals surface area contributed by atoms with Gasteiger partial charge in [0.25, 0.3) is 0 Å². The molecule has 1 aromatic carbocycles. The lowest BCUT2D eigenvalue weighted by molar-refractivity contribution is 0.306. The fourth-order valence-electron chi connectivity index (χ4n) is 3.20. The lowest BCUT2D eigenvalue weighted by Gasteiger charge is -2.28. The Morgan fingerprint density at radius 1 is 0.840 bits per heavy atom. The Morgan fingerprint density at radius 2 is 1.48 bits per heavy atom. The summed E-state index contributed by atoms with van der Waals surface area (Å²) in [5, 5.41) is 0. The molecule has 1 heterocycles. The summed E-state index contributed by atoms with van der Waals surface area (Å²) in [5.74, 6) is 4.62. The van der Waals surface area contributed by atoms with Gasteiger partial charge in [0.2, 0.25) is 0 Å². The fourth-order valence-corrected chi connectivity index (χ4v) is 6.37. The van der Waals surface area contributed by atoms with Gasteiger partial charge in [-0.2, -0.15) is 0 Å². The molecule has 0 aromatic heterocycles. The molecule has 0 bridgehead atoms. The number of hydrogen-bond donors (Lipinski definition) is 0. The van der Waals surface area contributed by atoms with Gasteiger partial charge in [-0.15, -0.1) is 23.5 Å². The smallest absolute Gasteiger partial charge is 0.119 e. The summed E-state index contributed by atoms with van der Waals surface area (Å²) in [7, 11) is 0. The van der Waals surface area contributed by atoms with Crippen LogP contribution >= 0.6 is 23.5 Å².